The summed E-state index contributed by atoms with van der Waals surface area (Å²) in [7, 11) is 0. The minimum Gasteiger partial charge on any atom is -0.813 e. The molecular weight excluding hydrogens is 601 g/mol. The number of hydrogen-bond acceptors (Lipinski definition) is 4. The summed E-state index contributed by atoms with van der Waals surface area (Å²) in [5.74, 6) is 0.190. The number of aliphatic hydroxyl groups is 1. The zero-order valence-electron chi connectivity index (χ0n) is 15.7. The zero-order valence-corrected chi connectivity index (χ0v) is 23.3. The third kappa shape index (κ3) is 5.11. The van der Waals surface area contributed by atoms with Crippen LogP contribution in [0.3, 0.4) is 0 Å². The van der Waals surface area contributed by atoms with Crippen molar-refractivity contribution in [2.45, 2.75) is 25.5 Å². The standard InChI is InChI=1S/C20H21ClN3O.H3P.H2S.Tl/c21-17-11-23-20-16(8-9-22-20)18(17)19(25)15-7-4-10-24(13-15)12-14-5-2-1-3-6-14;;;/h1-3,5-6,8-9,11,15,19,25H,4,7,10,12-13H2;1H3;1H2;/q-1;;;+1/p-1. The van der Waals surface area contributed by atoms with Gasteiger partial charge in [0.25, 0.3) is 0 Å². The number of likely N-dealkylation sites (tertiary alicyclic amines) is 1. The number of pyridine rings is 1. The van der Waals surface area contributed by atoms with Crippen molar-refractivity contribution in [3.63, 3.8) is 0 Å². The Hall–Kier alpha value is -0.178. The number of nitrogens with zero attached hydrogens (tertiary/aromatic N) is 3. The number of benzene rings is 1. The molecule has 148 valence electrons. The van der Waals surface area contributed by atoms with Crippen LogP contribution in [0.1, 0.15) is 30.1 Å². The molecule has 0 amide bonds. The number of thiol groups is 1. The van der Waals surface area contributed by atoms with E-state index < -0.39 is 6.10 Å². The second-order valence-corrected chi connectivity index (χ2v) is 9.62. The molecule has 8 heteroatoms. The van der Waals surface area contributed by atoms with Gasteiger partial charge in [-0.1, -0.05) is 6.07 Å². The Labute approximate surface area is 197 Å². The maximum absolute atomic E-state index is 11.2. The first kappa shape index (κ1) is 24.1. The van der Waals surface area contributed by atoms with Gasteiger partial charge in [-0.15, -0.1) is 0 Å². The minimum atomic E-state index is -0.557. The number of rotatable bonds is 4. The molecule has 2 aromatic heterocycles. The summed E-state index contributed by atoms with van der Waals surface area (Å²) >= 11 is 7.11. The van der Waals surface area contributed by atoms with Crippen molar-refractivity contribution in [3.8, 4) is 0 Å². The van der Waals surface area contributed by atoms with Gasteiger partial charge in [0.05, 0.1) is 0 Å². The molecule has 1 aromatic carbocycles. The van der Waals surface area contributed by atoms with Crippen molar-refractivity contribution < 1.29 is 5.11 Å². The van der Waals surface area contributed by atoms with Crippen LogP contribution in [0.5, 0.6) is 0 Å². The molecule has 3 unspecified atom stereocenters. The topological polar surface area (TPSA) is 41.3 Å². The zero-order chi connectivity index (χ0) is 18.1. The summed E-state index contributed by atoms with van der Waals surface area (Å²) in [6.07, 6.45) is 5.29. The molecule has 3 heterocycles. The van der Waals surface area contributed by atoms with Gasteiger partial charge < -0.3 is 13.5 Å². The number of piperidine rings is 1. The van der Waals surface area contributed by atoms with Gasteiger partial charge in [0.2, 0.25) is 0 Å². The molecule has 3 aromatic rings. The van der Waals surface area contributed by atoms with Crippen LogP contribution in [-0.2, 0) is 20.0 Å². The summed E-state index contributed by atoms with van der Waals surface area (Å²) in [6.45, 7) is 2.90. The van der Waals surface area contributed by atoms with Gasteiger partial charge in [0, 0.05) is 0 Å². The van der Waals surface area contributed by atoms with E-state index in [0.29, 0.717) is 31.1 Å². The number of hydrogen-bond donors (Lipinski definition) is 1. The van der Waals surface area contributed by atoms with Gasteiger partial charge in [-0.05, 0) is 0 Å². The van der Waals surface area contributed by atoms with Crippen LogP contribution >= 0.6 is 21.5 Å². The van der Waals surface area contributed by atoms with Gasteiger partial charge in [-0.3, -0.25) is 0 Å². The number of halogens is 1. The molecule has 4 nitrogen and oxygen atoms in total. The SMILES string of the molecule is OC(c1c(Cl)cnc2c1cc[n]2[Tl])C1CCCN(Cc2ccccc2)C1.P.[SH-]. The molecule has 1 fully saturated rings. The summed E-state index contributed by atoms with van der Waals surface area (Å²) in [4.78, 5) is 6.89. The largest absolute Gasteiger partial charge is 0.813 e. The van der Waals surface area contributed by atoms with Crippen LogP contribution in [0, 0.1) is 5.92 Å². The van der Waals surface area contributed by atoms with E-state index in [0.717, 1.165) is 49.1 Å². The number of aliphatic hydroxyl groups excluding tert-OH is 1. The van der Waals surface area contributed by atoms with Crippen LogP contribution in [0.4, 0.5) is 0 Å². The normalized spacial score (nSPS) is 18.2. The van der Waals surface area contributed by atoms with E-state index in [2.05, 4.69) is 36.5 Å². The fourth-order valence-electron chi connectivity index (χ4n) is 3.97. The van der Waals surface area contributed by atoms with E-state index in [1.807, 2.05) is 18.3 Å². The summed E-state index contributed by atoms with van der Waals surface area (Å²) < 4.78 is 2.13. The molecule has 1 saturated heterocycles. The predicted octanol–water partition coefficient (Wildman–Crippen LogP) is 3.35. The van der Waals surface area contributed by atoms with Crippen LogP contribution in [0.15, 0.2) is 48.8 Å². The average molecular weight is 626 g/mol. The molecule has 0 bridgehead atoms. The molecule has 1 aliphatic heterocycles. The molecule has 1 aliphatic rings. The van der Waals surface area contributed by atoms with Gasteiger partial charge in [-0.25, -0.2) is 0 Å². The van der Waals surface area contributed by atoms with Crippen molar-refractivity contribution >= 4 is 72.1 Å². The van der Waals surface area contributed by atoms with Crippen molar-refractivity contribution in [1.29, 1.82) is 0 Å². The summed E-state index contributed by atoms with van der Waals surface area (Å²) in [6, 6.07) is 12.6. The molecule has 0 radical (unpaired) electrons. The maximum Gasteiger partial charge on any atom is -0.153 e. The molecular formula is C20H25ClN3OPSTl-. The van der Waals surface area contributed by atoms with Gasteiger partial charge in [0.1, 0.15) is 0 Å². The first-order valence-electron chi connectivity index (χ1n) is 8.98. The fraction of sp³-hybridized carbons (Fsp3) is 0.350. The van der Waals surface area contributed by atoms with Crippen LogP contribution < -0.4 is 0 Å². The predicted molar refractivity (Wildman–Crippen MR) is 125 cm³/mol. The second kappa shape index (κ2) is 10.7. The van der Waals surface area contributed by atoms with E-state index >= 15 is 0 Å². The molecule has 4 rings (SSSR count). The molecule has 28 heavy (non-hydrogen) atoms. The van der Waals surface area contributed by atoms with Gasteiger partial charge >= 0.3 is 169 Å². The van der Waals surface area contributed by atoms with E-state index in [1.54, 1.807) is 6.20 Å². The van der Waals surface area contributed by atoms with E-state index in [1.165, 1.54) is 5.56 Å². The molecule has 1 N–H and O–H groups in total. The van der Waals surface area contributed by atoms with Crippen molar-refractivity contribution in [3.05, 3.63) is 64.9 Å². The Kier molecular flexibility index (Phi) is 9.24. The molecule has 3 atom stereocenters. The van der Waals surface area contributed by atoms with Crippen LogP contribution in [-0.4, -0.2) is 56.5 Å². The maximum atomic E-state index is 11.2. The molecule has 0 spiro atoms. The Morgan fingerprint density at radius 1 is 1.25 bits per heavy atom. The monoisotopic (exact) mass is 626 g/mol. The van der Waals surface area contributed by atoms with Crippen LogP contribution in [0.25, 0.3) is 11.0 Å². The third-order valence-electron chi connectivity index (χ3n) is 5.27. The minimum absolute atomic E-state index is 0. The Morgan fingerprint density at radius 3 is 2.75 bits per heavy atom. The van der Waals surface area contributed by atoms with E-state index in [9.17, 15) is 5.11 Å². The second-order valence-electron chi connectivity index (χ2n) is 7.05. The van der Waals surface area contributed by atoms with Gasteiger partial charge in [0.15, 0.2) is 0 Å². The Balaban J connectivity index is 0.00000140. The fourth-order valence-corrected chi connectivity index (χ4v) is 5.37. The molecule has 0 aliphatic carbocycles. The van der Waals surface area contributed by atoms with Crippen molar-refractivity contribution in [2.75, 3.05) is 13.1 Å². The van der Waals surface area contributed by atoms with Gasteiger partial charge in [-0.2, -0.15) is 9.90 Å². The Morgan fingerprint density at radius 2 is 2.00 bits per heavy atom. The van der Waals surface area contributed by atoms with E-state index in [4.69, 9.17) is 11.6 Å². The number of aromatic nitrogens is 2. The first-order valence-corrected chi connectivity index (χ1v) is 11.4. The molecule has 0 saturated carbocycles. The number of fused-ring (bicyclic) bond motifs is 1. The quantitative estimate of drug-likeness (QED) is 0.209. The Bertz CT molecular complexity index is 911. The third-order valence-corrected chi connectivity index (χ3v) is 7.19. The van der Waals surface area contributed by atoms with Crippen molar-refractivity contribution in [2.24, 2.45) is 5.92 Å². The first-order chi connectivity index (χ1) is 12.6. The summed E-state index contributed by atoms with van der Waals surface area (Å²) in [5, 5.41) is 12.7. The van der Waals surface area contributed by atoms with E-state index in [-0.39, 0.29) is 29.3 Å². The van der Waals surface area contributed by atoms with Crippen LogP contribution in [0.2, 0.25) is 5.02 Å². The summed E-state index contributed by atoms with van der Waals surface area (Å²) in [5.41, 5.74) is 3.11. The average Bonchev–Trinajstić information content (AvgIpc) is 3.03. The van der Waals surface area contributed by atoms with Crippen molar-refractivity contribution in [1.82, 2.24) is 12.3 Å². The smallest absolute Gasteiger partial charge is 0.153 e.